The summed E-state index contributed by atoms with van der Waals surface area (Å²) in [7, 11) is 1.58. The zero-order valence-corrected chi connectivity index (χ0v) is 6.80. The van der Waals surface area contributed by atoms with E-state index in [9.17, 15) is 4.39 Å². The molecule has 0 fully saturated rings. The van der Waals surface area contributed by atoms with E-state index in [0.29, 0.717) is 6.61 Å². The molecule has 12 heavy (non-hydrogen) atoms. The third kappa shape index (κ3) is 1.84. The second kappa shape index (κ2) is 3.89. The fourth-order valence-electron chi connectivity index (χ4n) is 0.939. The summed E-state index contributed by atoms with van der Waals surface area (Å²) >= 11 is 0. The Balaban J connectivity index is 2.99. The molecule has 0 saturated heterocycles. The van der Waals surface area contributed by atoms with Gasteiger partial charge >= 0.3 is 0 Å². The summed E-state index contributed by atoms with van der Waals surface area (Å²) in [4.78, 5) is 0. The average Bonchev–Trinajstić information content (AvgIpc) is 2.09. The number of rotatable bonds is 2. The highest BCUT2D eigenvalue weighted by Gasteiger charge is 1.99. The van der Waals surface area contributed by atoms with Crippen LogP contribution in [0.25, 0.3) is 0 Å². The number of terminal acetylenes is 1. The molecule has 0 saturated carbocycles. The van der Waals surface area contributed by atoms with Crippen molar-refractivity contribution < 1.29 is 9.13 Å². The molecule has 1 nitrogen and oxygen atoms in total. The molecule has 0 unspecified atom stereocenters. The van der Waals surface area contributed by atoms with Crippen LogP contribution < -0.4 is 0 Å². The highest BCUT2D eigenvalue weighted by Crippen LogP contribution is 2.09. The zero-order valence-electron chi connectivity index (χ0n) is 6.80. The molecule has 0 spiro atoms. The molecule has 0 heterocycles. The fourth-order valence-corrected chi connectivity index (χ4v) is 0.939. The maximum Gasteiger partial charge on any atom is 0.138 e. The van der Waals surface area contributed by atoms with Crippen LogP contribution in [-0.2, 0) is 11.3 Å². The highest BCUT2D eigenvalue weighted by molar-refractivity contribution is 5.36. The molecule has 1 aromatic rings. The van der Waals surface area contributed by atoms with E-state index in [-0.39, 0.29) is 11.4 Å². The third-order valence-electron chi connectivity index (χ3n) is 1.50. The maximum absolute atomic E-state index is 12.8. The smallest absolute Gasteiger partial charge is 0.138 e. The van der Waals surface area contributed by atoms with Gasteiger partial charge in [-0.3, -0.25) is 0 Å². The molecule has 0 aliphatic heterocycles. The van der Waals surface area contributed by atoms with Crippen molar-refractivity contribution in [3.63, 3.8) is 0 Å². The predicted molar refractivity (Wildman–Crippen MR) is 45.0 cm³/mol. The summed E-state index contributed by atoms with van der Waals surface area (Å²) in [6.07, 6.45) is 5.08. The second-order valence-corrected chi connectivity index (χ2v) is 2.39. The van der Waals surface area contributed by atoms with Crippen molar-refractivity contribution in [3.8, 4) is 12.3 Å². The Hall–Kier alpha value is -1.33. The van der Waals surface area contributed by atoms with Gasteiger partial charge < -0.3 is 4.74 Å². The number of benzene rings is 1. The van der Waals surface area contributed by atoms with Gasteiger partial charge in [0.1, 0.15) is 5.82 Å². The van der Waals surface area contributed by atoms with Crippen LogP contribution in [0.1, 0.15) is 11.1 Å². The summed E-state index contributed by atoms with van der Waals surface area (Å²) < 4.78 is 17.7. The van der Waals surface area contributed by atoms with Crippen LogP contribution in [0, 0.1) is 18.2 Å². The van der Waals surface area contributed by atoms with Gasteiger partial charge in [-0.15, -0.1) is 6.42 Å². The molecule has 1 rings (SSSR count). The summed E-state index contributed by atoms with van der Waals surface area (Å²) in [5.41, 5.74) is 1.16. The molecular formula is C10H9FO. The van der Waals surface area contributed by atoms with Crippen LogP contribution in [0.3, 0.4) is 0 Å². The molecule has 0 atom stereocenters. The second-order valence-electron chi connectivity index (χ2n) is 2.39. The van der Waals surface area contributed by atoms with Crippen LogP contribution in [0.5, 0.6) is 0 Å². The number of halogens is 1. The lowest BCUT2D eigenvalue weighted by atomic mass is 10.1. The van der Waals surface area contributed by atoms with E-state index in [1.54, 1.807) is 19.2 Å². The van der Waals surface area contributed by atoms with Crippen molar-refractivity contribution in [1.82, 2.24) is 0 Å². The van der Waals surface area contributed by atoms with E-state index in [1.165, 1.54) is 6.07 Å². The molecule has 2 heteroatoms. The van der Waals surface area contributed by atoms with Gasteiger partial charge in [0.2, 0.25) is 0 Å². The lowest BCUT2D eigenvalue weighted by molar-refractivity contribution is 0.185. The van der Waals surface area contributed by atoms with Gasteiger partial charge in [-0.2, -0.15) is 0 Å². The van der Waals surface area contributed by atoms with Crippen molar-refractivity contribution >= 4 is 0 Å². The monoisotopic (exact) mass is 164 g/mol. The van der Waals surface area contributed by atoms with E-state index in [4.69, 9.17) is 11.2 Å². The first-order chi connectivity index (χ1) is 5.77. The van der Waals surface area contributed by atoms with Gasteiger partial charge in [0.15, 0.2) is 0 Å². The van der Waals surface area contributed by atoms with Crippen molar-refractivity contribution in [1.29, 1.82) is 0 Å². The van der Waals surface area contributed by atoms with Crippen LogP contribution in [-0.4, -0.2) is 7.11 Å². The largest absolute Gasteiger partial charge is 0.380 e. The lowest BCUT2D eigenvalue weighted by Crippen LogP contribution is -1.90. The van der Waals surface area contributed by atoms with Gasteiger partial charge in [0, 0.05) is 7.11 Å². The molecule has 0 aliphatic carbocycles. The molecule has 0 amide bonds. The van der Waals surface area contributed by atoms with Crippen molar-refractivity contribution in [3.05, 3.63) is 35.1 Å². The number of hydrogen-bond acceptors (Lipinski definition) is 1. The molecule has 1 aromatic carbocycles. The van der Waals surface area contributed by atoms with Crippen molar-refractivity contribution in [2.75, 3.05) is 7.11 Å². The number of ether oxygens (including phenoxy) is 1. The first-order valence-corrected chi connectivity index (χ1v) is 3.52. The highest BCUT2D eigenvalue weighted by atomic mass is 19.1. The van der Waals surface area contributed by atoms with Gasteiger partial charge in [-0.1, -0.05) is 12.0 Å². The van der Waals surface area contributed by atoms with E-state index >= 15 is 0 Å². The third-order valence-corrected chi connectivity index (χ3v) is 1.50. The van der Waals surface area contributed by atoms with Gasteiger partial charge in [0.25, 0.3) is 0 Å². The molecule has 0 radical (unpaired) electrons. The van der Waals surface area contributed by atoms with E-state index in [2.05, 4.69) is 5.92 Å². The normalized spacial score (nSPS) is 9.42. The quantitative estimate of drug-likeness (QED) is 0.607. The Morgan fingerprint density at radius 1 is 1.58 bits per heavy atom. The van der Waals surface area contributed by atoms with Gasteiger partial charge in [-0.25, -0.2) is 4.39 Å². The lowest BCUT2D eigenvalue weighted by Gasteiger charge is -2.00. The number of methoxy groups -OCH3 is 1. The molecular weight excluding hydrogens is 155 g/mol. The molecule has 0 N–H and O–H groups in total. The van der Waals surface area contributed by atoms with Crippen molar-refractivity contribution in [2.45, 2.75) is 6.61 Å². The minimum Gasteiger partial charge on any atom is -0.380 e. The Labute approximate surface area is 71.2 Å². The summed E-state index contributed by atoms with van der Waals surface area (Å²) in [6, 6.07) is 4.61. The Kier molecular flexibility index (Phi) is 2.84. The molecule has 0 bridgehead atoms. The summed E-state index contributed by atoms with van der Waals surface area (Å²) in [5.74, 6) is 1.90. The van der Waals surface area contributed by atoms with Gasteiger partial charge in [-0.05, 0) is 17.7 Å². The SMILES string of the molecule is C#Cc1cc(COC)ccc1F. The number of hydrogen-bond donors (Lipinski definition) is 0. The van der Waals surface area contributed by atoms with Crippen LogP contribution in [0.4, 0.5) is 4.39 Å². The Morgan fingerprint density at radius 3 is 2.92 bits per heavy atom. The van der Waals surface area contributed by atoms with Crippen molar-refractivity contribution in [2.24, 2.45) is 0 Å². The van der Waals surface area contributed by atoms with Crippen LogP contribution in [0.15, 0.2) is 18.2 Å². The molecule has 0 aromatic heterocycles. The fraction of sp³-hybridized carbons (Fsp3) is 0.200. The summed E-state index contributed by atoms with van der Waals surface area (Å²) in [5, 5.41) is 0. The Bertz CT molecular complexity index is 312. The van der Waals surface area contributed by atoms with Gasteiger partial charge in [0.05, 0.1) is 12.2 Å². The minimum atomic E-state index is -0.364. The molecule has 0 aliphatic rings. The maximum atomic E-state index is 12.8. The van der Waals surface area contributed by atoms with E-state index in [1.807, 2.05) is 0 Å². The summed E-state index contributed by atoms with van der Waals surface area (Å²) in [6.45, 7) is 0.453. The first-order valence-electron chi connectivity index (χ1n) is 3.52. The van der Waals surface area contributed by atoms with Crippen LogP contribution in [0.2, 0.25) is 0 Å². The first kappa shape index (κ1) is 8.76. The standard InChI is InChI=1S/C10H9FO/c1-3-9-6-8(7-12-2)4-5-10(9)11/h1,4-6H,7H2,2H3. The minimum absolute atomic E-state index is 0.282. The molecule has 62 valence electrons. The predicted octanol–water partition coefficient (Wildman–Crippen LogP) is 1.95. The van der Waals surface area contributed by atoms with E-state index in [0.717, 1.165) is 5.56 Å². The zero-order chi connectivity index (χ0) is 8.97. The average molecular weight is 164 g/mol. The topological polar surface area (TPSA) is 9.23 Å². The Morgan fingerprint density at radius 2 is 2.33 bits per heavy atom. The van der Waals surface area contributed by atoms with E-state index < -0.39 is 0 Å². The van der Waals surface area contributed by atoms with Crippen LogP contribution >= 0.6 is 0 Å².